The van der Waals surface area contributed by atoms with Crippen molar-refractivity contribution in [1.29, 1.82) is 0 Å². The van der Waals surface area contributed by atoms with Crippen molar-refractivity contribution >= 4 is 29.0 Å². The number of carbonyl (C=O) groups excluding carboxylic acids is 1. The number of carbonyl (C=O) groups is 1. The third kappa shape index (κ3) is 1.73. The summed E-state index contributed by atoms with van der Waals surface area (Å²) < 4.78 is 0. The molecule has 0 aromatic carbocycles. The van der Waals surface area contributed by atoms with Gasteiger partial charge in [0.25, 0.3) is 0 Å². The first-order valence-electron chi connectivity index (χ1n) is 3.67. The van der Waals surface area contributed by atoms with E-state index in [9.17, 15) is 4.79 Å². The van der Waals surface area contributed by atoms with Crippen LogP contribution < -0.4 is 0 Å². The highest BCUT2D eigenvalue weighted by atomic mass is 35.5. The molecule has 0 aliphatic heterocycles. The molecule has 12 heavy (non-hydrogen) atoms. The highest BCUT2D eigenvalue weighted by Crippen LogP contribution is 2.35. The summed E-state index contributed by atoms with van der Waals surface area (Å²) in [7, 11) is 0. The van der Waals surface area contributed by atoms with Crippen molar-refractivity contribution in [2.45, 2.75) is 18.7 Å². The lowest BCUT2D eigenvalue weighted by Crippen LogP contribution is -2.23. The van der Waals surface area contributed by atoms with Gasteiger partial charge in [-0.3, -0.25) is 4.79 Å². The fourth-order valence-electron chi connectivity index (χ4n) is 1.11. The second kappa shape index (κ2) is 3.23. The Morgan fingerprint density at radius 1 is 1.50 bits per heavy atom. The van der Waals surface area contributed by atoms with E-state index in [0.717, 1.165) is 0 Å². The molecule has 1 aliphatic carbocycles. The van der Waals surface area contributed by atoms with Crippen LogP contribution in [0.3, 0.4) is 0 Å². The first-order chi connectivity index (χ1) is 5.46. The number of hydrogen-bond acceptors (Lipinski definition) is 1. The summed E-state index contributed by atoms with van der Waals surface area (Å²) in [5, 5.41) is 0. The molecule has 0 heterocycles. The molecule has 0 spiro atoms. The standard InChI is InChI=1S/C9H10Cl2O/c1-6-5-9(2,8(10)11)4-3-7(6)12/h3-5,8H,1-2H3. The molecule has 66 valence electrons. The van der Waals surface area contributed by atoms with Crippen LogP contribution >= 0.6 is 23.2 Å². The van der Waals surface area contributed by atoms with E-state index < -0.39 is 10.3 Å². The number of halogens is 2. The van der Waals surface area contributed by atoms with Crippen molar-refractivity contribution in [2.24, 2.45) is 5.41 Å². The van der Waals surface area contributed by atoms with E-state index in [4.69, 9.17) is 23.2 Å². The van der Waals surface area contributed by atoms with Crippen LogP contribution in [0.15, 0.2) is 23.8 Å². The molecular weight excluding hydrogens is 195 g/mol. The number of alkyl halides is 2. The van der Waals surface area contributed by atoms with E-state index in [1.165, 1.54) is 6.08 Å². The molecular formula is C9H10Cl2O. The normalized spacial score (nSPS) is 29.4. The maximum Gasteiger partial charge on any atom is 0.180 e. The molecule has 0 fully saturated rings. The second-order valence-electron chi connectivity index (χ2n) is 3.19. The average Bonchev–Trinajstić information content (AvgIpc) is 1.97. The quantitative estimate of drug-likeness (QED) is 0.601. The van der Waals surface area contributed by atoms with Gasteiger partial charge in [-0.2, -0.15) is 0 Å². The fourth-order valence-corrected chi connectivity index (χ4v) is 1.38. The lowest BCUT2D eigenvalue weighted by atomic mass is 9.85. The minimum Gasteiger partial charge on any atom is -0.290 e. The van der Waals surface area contributed by atoms with Gasteiger partial charge in [-0.15, -0.1) is 23.2 Å². The summed E-state index contributed by atoms with van der Waals surface area (Å²) in [5.41, 5.74) is 0.299. The molecule has 0 bridgehead atoms. The van der Waals surface area contributed by atoms with Gasteiger partial charge in [-0.1, -0.05) is 12.2 Å². The van der Waals surface area contributed by atoms with Crippen molar-refractivity contribution in [3.63, 3.8) is 0 Å². The maximum absolute atomic E-state index is 11.1. The van der Waals surface area contributed by atoms with Crippen molar-refractivity contribution in [3.8, 4) is 0 Å². The van der Waals surface area contributed by atoms with E-state index in [1.807, 2.05) is 6.92 Å². The highest BCUT2D eigenvalue weighted by molar-refractivity contribution is 6.45. The fraction of sp³-hybridized carbons (Fsp3) is 0.444. The van der Waals surface area contributed by atoms with Crippen molar-refractivity contribution < 1.29 is 4.79 Å². The maximum atomic E-state index is 11.1. The van der Waals surface area contributed by atoms with Gasteiger partial charge in [-0.05, 0) is 25.5 Å². The van der Waals surface area contributed by atoms with Crippen LogP contribution in [0, 0.1) is 5.41 Å². The molecule has 0 saturated carbocycles. The zero-order chi connectivity index (χ0) is 9.35. The first kappa shape index (κ1) is 9.82. The summed E-state index contributed by atoms with van der Waals surface area (Å²) in [4.78, 5) is 10.5. The minimum atomic E-state index is -0.517. The summed E-state index contributed by atoms with van der Waals surface area (Å²) >= 11 is 11.5. The molecule has 0 radical (unpaired) electrons. The average molecular weight is 205 g/mol. The third-order valence-electron chi connectivity index (χ3n) is 1.98. The van der Waals surface area contributed by atoms with Crippen LogP contribution in [0.25, 0.3) is 0 Å². The lowest BCUT2D eigenvalue weighted by Gasteiger charge is -2.26. The van der Waals surface area contributed by atoms with E-state index in [0.29, 0.717) is 5.57 Å². The van der Waals surface area contributed by atoms with Gasteiger partial charge >= 0.3 is 0 Å². The molecule has 0 aromatic heterocycles. The Morgan fingerprint density at radius 3 is 2.50 bits per heavy atom. The number of hydrogen-bond donors (Lipinski definition) is 0. The van der Waals surface area contributed by atoms with Crippen LogP contribution in [0.5, 0.6) is 0 Å². The molecule has 0 amide bonds. The van der Waals surface area contributed by atoms with Gasteiger partial charge < -0.3 is 0 Å². The Hall–Kier alpha value is -0.270. The number of ketones is 1. The molecule has 1 rings (SSSR count). The predicted molar refractivity (Wildman–Crippen MR) is 51.5 cm³/mol. The Kier molecular flexibility index (Phi) is 2.64. The topological polar surface area (TPSA) is 17.1 Å². The van der Waals surface area contributed by atoms with Crippen LogP contribution in [-0.2, 0) is 4.79 Å². The monoisotopic (exact) mass is 204 g/mol. The van der Waals surface area contributed by atoms with E-state index >= 15 is 0 Å². The zero-order valence-electron chi connectivity index (χ0n) is 6.97. The van der Waals surface area contributed by atoms with Gasteiger partial charge in [0.05, 0.1) is 0 Å². The predicted octanol–water partition coefficient (Wildman–Crippen LogP) is 2.88. The molecule has 1 unspecified atom stereocenters. The Bertz CT molecular complexity index is 266. The summed E-state index contributed by atoms with van der Waals surface area (Å²) in [5.74, 6) is 0.0291. The van der Waals surface area contributed by atoms with Gasteiger partial charge in [0.15, 0.2) is 5.78 Å². The Balaban J connectivity index is 2.99. The third-order valence-corrected chi connectivity index (χ3v) is 2.92. The highest BCUT2D eigenvalue weighted by Gasteiger charge is 2.29. The largest absolute Gasteiger partial charge is 0.290 e. The zero-order valence-corrected chi connectivity index (χ0v) is 8.49. The van der Waals surface area contributed by atoms with E-state index in [1.54, 1.807) is 19.1 Å². The van der Waals surface area contributed by atoms with Crippen LogP contribution in [0.2, 0.25) is 0 Å². The second-order valence-corrected chi connectivity index (χ2v) is 4.29. The number of allylic oxidation sites excluding steroid dienone is 4. The lowest BCUT2D eigenvalue weighted by molar-refractivity contribution is -0.111. The van der Waals surface area contributed by atoms with Crippen molar-refractivity contribution in [3.05, 3.63) is 23.8 Å². The van der Waals surface area contributed by atoms with Crippen LogP contribution in [0.1, 0.15) is 13.8 Å². The van der Waals surface area contributed by atoms with Crippen molar-refractivity contribution in [2.75, 3.05) is 0 Å². The van der Waals surface area contributed by atoms with Crippen LogP contribution in [0.4, 0.5) is 0 Å². The van der Waals surface area contributed by atoms with E-state index in [-0.39, 0.29) is 5.78 Å². The SMILES string of the molecule is CC1=CC(C)(C(Cl)Cl)C=CC1=O. The smallest absolute Gasteiger partial charge is 0.180 e. The van der Waals surface area contributed by atoms with Gasteiger partial charge in [0.2, 0.25) is 0 Å². The van der Waals surface area contributed by atoms with Crippen LogP contribution in [-0.4, -0.2) is 10.6 Å². The van der Waals surface area contributed by atoms with Gasteiger partial charge in [0, 0.05) is 5.41 Å². The molecule has 1 aliphatic rings. The molecule has 0 saturated heterocycles. The first-order valence-corrected chi connectivity index (χ1v) is 4.54. The summed E-state index contributed by atoms with van der Waals surface area (Å²) in [6.45, 7) is 3.66. The summed E-state index contributed by atoms with van der Waals surface area (Å²) in [6.07, 6.45) is 5.07. The molecule has 1 nitrogen and oxygen atoms in total. The molecule has 1 atom stereocenters. The Labute approximate surface area is 82.0 Å². The molecule has 0 aromatic rings. The van der Waals surface area contributed by atoms with Crippen molar-refractivity contribution in [1.82, 2.24) is 0 Å². The number of rotatable bonds is 1. The van der Waals surface area contributed by atoms with Gasteiger partial charge in [0.1, 0.15) is 4.84 Å². The molecule has 3 heteroatoms. The minimum absolute atomic E-state index is 0.0291. The summed E-state index contributed by atoms with van der Waals surface area (Å²) in [6, 6.07) is 0. The van der Waals surface area contributed by atoms with Gasteiger partial charge in [-0.25, -0.2) is 0 Å². The molecule has 0 N–H and O–H groups in total. The Morgan fingerprint density at radius 2 is 2.08 bits per heavy atom. The van der Waals surface area contributed by atoms with E-state index in [2.05, 4.69) is 0 Å².